The molecule has 0 aliphatic heterocycles. The van der Waals surface area contributed by atoms with E-state index in [0.717, 1.165) is 18.5 Å². The first-order valence-corrected chi connectivity index (χ1v) is 7.28. The summed E-state index contributed by atoms with van der Waals surface area (Å²) in [5.74, 6) is 0.00153. The van der Waals surface area contributed by atoms with Gasteiger partial charge in [-0.25, -0.2) is 0 Å². The van der Waals surface area contributed by atoms with E-state index in [0.29, 0.717) is 17.9 Å². The minimum atomic E-state index is 0.00153. The Kier molecular flexibility index (Phi) is 4.68. The number of benzene rings is 1. The molecule has 0 aliphatic carbocycles. The number of nitrogens with zero attached hydrogens (tertiary/aromatic N) is 2. The second-order valence-corrected chi connectivity index (χ2v) is 5.50. The van der Waals surface area contributed by atoms with Gasteiger partial charge in [-0.1, -0.05) is 36.8 Å². The Hall–Kier alpha value is -2.23. The van der Waals surface area contributed by atoms with E-state index in [9.17, 15) is 4.79 Å². The second-order valence-electron chi connectivity index (χ2n) is 5.50. The van der Waals surface area contributed by atoms with E-state index in [-0.39, 0.29) is 5.91 Å². The van der Waals surface area contributed by atoms with Crippen LogP contribution in [0.4, 0.5) is 5.69 Å². The summed E-state index contributed by atoms with van der Waals surface area (Å²) in [5.41, 5.74) is 9.45. The summed E-state index contributed by atoms with van der Waals surface area (Å²) < 4.78 is 1.93. The van der Waals surface area contributed by atoms with Crippen molar-refractivity contribution < 1.29 is 4.79 Å². The van der Waals surface area contributed by atoms with Crippen LogP contribution in [0.1, 0.15) is 35.0 Å². The van der Waals surface area contributed by atoms with Gasteiger partial charge in [-0.2, -0.15) is 0 Å². The number of carbonyl (C=O) groups excluding carboxylic acids is 1. The van der Waals surface area contributed by atoms with Crippen molar-refractivity contribution in [2.75, 3.05) is 12.8 Å². The van der Waals surface area contributed by atoms with Gasteiger partial charge >= 0.3 is 0 Å². The van der Waals surface area contributed by atoms with Crippen LogP contribution >= 0.6 is 0 Å². The molecular formula is C17H23N3O. The Bertz CT molecular complexity index is 631. The number of nitrogen functional groups attached to an aromatic ring is 1. The molecule has 2 N–H and O–H groups in total. The molecule has 0 radical (unpaired) electrons. The number of rotatable bonds is 5. The number of hydrogen-bond donors (Lipinski definition) is 1. The van der Waals surface area contributed by atoms with Crippen molar-refractivity contribution in [2.24, 2.45) is 0 Å². The van der Waals surface area contributed by atoms with Gasteiger partial charge in [-0.05, 0) is 25.0 Å². The zero-order chi connectivity index (χ0) is 15.4. The first-order chi connectivity index (χ1) is 10.0. The van der Waals surface area contributed by atoms with Crippen molar-refractivity contribution in [3.8, 4) is 0 Å². The van der Waals surface area contributed by atoms with Crippen LogP contribution in [-0.4, -0.2) is 22.4 Å². The zero-order valence-corrected chi connectivity index (χ0v) is 13.0. The van der Waals surface area contributed by atoms with Crippen LogP contribution in [0, 0.1) is 6.92 Å². The number of hydrogen-bond acceptors (Lipinski definition) is 2. The highest BCUT2D eigenvalue weighted by Crippen LogP contribution is 2.15. The highest BCUT2D eigenvalue weighted by Gasteiger charge is 2.17. The predicted molar refractivity (Wildman–Crippen MR) is 86.1 cm³/mol. The molecular weight excluding hydrogens is 262 g/mol. The Labute approximate surface area is 126 Å². The van der Waals surface area contributed by atoms with E-state index >= 15 is 0 Å². The third kappa shape index (κ3) is 3.66. The molecule has 0 fully saturated rings. The largest absolute Gasteiger partial charge is 0.397 e. The second kappa shape index (κ2) is 6.48. The van der Waals surface area contributed by atoms with E-state index in [1.54, 1.807) is 11.0 Å². The lowest BCUT2D eigenvalue weighted by Gasteiger charge is -2.18. The summed E-state index contributed by atoms with van der Waals surface area (Å²) in [6, 6.07) is 9.96. The van der Waals surface area contributed by atoms with Gasteiger partial charge in [-0.3, -0.25) is 4.79 Å². The Morgan fingerprint density at radius 2 is 2.10 bits per heavy atom. The first kappa shape index (κ1) is 15.2. The molecule has 112 valence electrons. The maximum atomic E-state index is 12.6. The van der Waals surface area contributed by atoms with Gasteiger partial charge in [0.15, 0.2) is 0 Å². The minimum absolute atomic E-state index is 0.00153. The van der Waals surface area contributed by atoms with Gasteiger partial charge < -0.3 is 15.2 Å². The summed E-state index contributed by atoms with van der Waals surface area (Å²) in [6.07, 6.45) is 2.80. The summed E-state index contributed by atoms with van der Waals surface area (Å²) in [4.78, 5) is 14.3. The van der Waals surface area contributed by atoms with Crippen LogP contribution < -0.4 is 5.73 Å². The lowest BCUT2D eigenvalue weighted by Crippen LogP contribution is -2.28. The van der Waals surface area contributed by atoms with E-state index in [2.05, 4.69) is 26.0 Å². The van der Waals surface area contributed by atoms with Crippen LogP contribution in [0.15, 0.2) is 36.5 Å². The summed E-state index contributed by atoms with van der Waals surface area (Å²) in [7, 11) is 1.82. The number of aryl methyl sites for hydroxylation is 2. The average Bonchev–Trinajstić information content (AvgIpc) is 2.79. The standard InChI is InChI=1S/C17H23N3O/c1-4-8-20-12-15(18)10-16(20)17(21)19(3)11-14-7-5-6-13(2)9-14/h5-7,9-10,12H,4,8,11,18H2,1-3H3. The lowest BCUT2D eigenvalue weighted by atomic mass is 10.1. The molecule has 0 unspecified atom stereocenters. The minimum Gasteiger partial charge on any atom is -0.397 e. The number of aromatic nitrogens is 1. The topological polar surface area (TPSA) is 51.3 Å². The number of amides is 1. The smallest absolute Gasteiger partial charge is 0.270 e. The van der Waals surface area contributed by atoms with Crippen LogP contribution in [0.3, 0.4) is 0 Å². The molecule has 0 bridgehead atoms. The lowest BCUT2D eigenvalue weighted by molar-refractivity contribution is 0.0774. The molecule has 1 aromatic heterocycles. The van der Waals surface area contributed by atoms with Gasteiger partial charge in [0.05, 0.1) is 5.69 Å². The van der Waals surface area contributed by atoms with E-state index in [1.165, 1.54) is 5.56 Å². The molecule has 4 heteroatoms. The van der Waals surface area contributed by atoms with Crippen LogP contribution in [0.2, 0.25) is 0 Å². The number of nitrogens with two attached hydrogens (primary N) is 1. The fourth-order valence-electron chi connectivity index (χ4n) is 2.49. The Balaban J connectivity index is 2.15. The fraction of sp³-hybridized carbons (Fsp3) is 0.353. The molecule has 4 nitrogen and oxygen atoms in total. The quantitative estimate of drug-likeness (QED) is 0.918. The fourth-order valence-corrected chi connectivity index (χ4v) is 2.49. The number of carbonyl (C=O) groups is 1. The Morgan fingerprint density at radius 1 is 1.33 bits per heavy atom. The van der Waals surface area contributed by atoms with Gasteiger partial charge in [0, 0.05) is 26.3 Å². The van der Waals surface area contributed by atoms with Crippen LogP contribution in [0.25, 0.3) is 0 Å². The Morgan fingerprint density at radius 3 is 2.76 bits per heavy atom. The molecule has 1 amide bonds. The normalized spacial score (nSPS) is 10.6. The average molecular weight is 285 g/mol. The van der Waals surface area contributed by atoms with Crippen molar-refractivity contribution in [1.82, 2.24) is 9.47 Å². The van der Waals surface area contributed by atoms with Gasteiger partial charge in [0.1, 0.15) is 5.69 Å². The predicted octanol–water partition coefficient (Wildman–Crippen LogP) is 3.06. The van der Waals surface area contributed by atoms with Crippen LogP contribution in [0.5, 0.6) is 0 Å². The van der Waals surface area contributed by atoms with E-state index < -0.39 is 0 Å². The first-order valence-electron chi connectivity index (χ1n) is 7.28. The van der Waals surface area contributed by atoms with Crippen molar-refractivity contribution in [3.05, 3.63) is 53.3 Å². The SMILES string of the molecule is CCCn1cc(N)cc1C(=O)N(C)Cc1cccc(C)c1. The molecule has 0 saturated heterocycles. The zero-order valence-electron chi connectivity index (χ0n) is 13.0. The third-order valence-corrected chi connectivity index (χ3v) is 3.45. The number of anilines is 1. The highest BCUT2D eigenvalue weighted by atomic mass is 16.2. The third-order valence-electron chi connectivity index (χ3n) is 3.45. The van der Waals surface area contributed by atoms with Gasteiger partial charge in [-0.15, -0.1) is 0 Å². The van der Waals surface area contributed by atoms with Crippen molar-refractivity contribution >= 4 is 11.6 Å². The van der Waals surface area contributed by atoms with Gasteiger partial charge in [0.25, 0.3) is 5.91 Å². The van der Waals surface area contributed by atoms with Crippen molar-refractivity contribution in [1.29, 1.82) is 0 Å². The monoisotopic (exact) mass is 285 g/mol. The molecule has 1 heterocycles. The maximum absolute atomic E-state index is 12.6. The van der Waals surface area contributed by atoms with Crippen LogP contribution in [-0.2, 0) is 13.1 Å². The van der Waals surface area contributed by atoms with E-state index in [1.807, 2.05) is 29.9 Å². The summed E-state index contributed by atoms with van der Waals surface area (Å²) in [5, 5.41) is 0. The molecule has 1 aromatic carbocycles. The molecule has 0 atom stereocenters. The molecule has 2 rings (SSSR count). The van der Waals surface area contributed by atoms with Gasteiger partial charge in [0.2, 0.25) is 0 Å². The molecule has 21 heavy (non-hydrogen) atoms. The molecule has 0 saturated carbocycles. The van der Waals surface area contributed by atoms with Crippen molar-refractivity contribution in [2.45, 2.75) is 33.4 Å². The molecule has 0 spiro atoms. The van der Waals surface area contributed by atoms with Crippen molar-refractivity contribution in [3.63, 3.8) is 0 Å². The highest BCUT2D eigenvalue weighted by molar-refractivity contribution is 5.93. The summed E-state index contributed by atoms with van der Waals surface area (Å²) in [6.45, 7) is 5.54. The summed E-state index contributed by atoms with van der Waals surface area (Å²) >= 11 is 0. The molecule has 2 aromatic rings. The van der Waals surface area contributed by atoms with E-state index in [4.69, 9.17) is 5.73 Å². The molecule has 0 aliphatic rings. The maximum Gasteiger partial charge on any atom is 0.270 e.